The normalized spacial score (nSPS) is 16.7. The van der Waals surface area contributed by atoms with Gasteiger partial charge in [0.25, 0.3) is 0 Å². The van der Waals surface area contributed by atoms with Crippen LogP contribution in [0.2, 0.25) is 0 Å². The first-order chi connectivity index (χ1) is 14.4. The zero-order chi connectivity index (χ0) is 21.3. The van der Waals surface area contributed by atoms with Gasteiger partial charge in [-0.25, -0.2) is 9.97 Å². The molecule has 158 valence electrons. The summed E-state index contributed by atoms with van der Waals surface area (Å²) in [7, 11) is 1.53. The number of aromatic hydroxyl groups is 1. The van der Waals surface area contributed by atoms with Gasteiger partial charge >= 0.3 is 0 Å². The molecule has 2 N–H and O–H groups in total. The SMILES string of the molecule is CCC(C)(C)C1CCc2sc3ncnc(NN=Cc4cccc(OC)c4O)c3c2C1. The van der Waals surface area contributed by atoms with E-state index in [9.17, 15) is 5.11 Å². The van der Waals surface area contributed by atoms with E-state index >= 15 is 0 Å². The number of hydrogen-bond donors (Lipinski definition) is 2. The van der Waals surface area contributed by atoms with Crippen LogP contribution in [0.3, 0.4) is 0 Å². The van der Waals surface area contributed by atoms with Crippen molar-refractivity contribution in [3.63, 3.8) is 0 Å². The lowest BCUT2D eigenvalue weighted by Gasteiger charge is -2.36. The smallest absolute Gasteiger partial charge is 0.166 e. The molecule has 3 aromatic rings. The number of phenols is 1. The number of phenolic OH excluding ortho intramolecular Hbond substituents is 1. The standard InChI is InChI=1S/C23H28N4O2S/c1-5-23(2,3)15-9-10-18-16(11-15)19-21(24-13-25-22(19)30-18)27-26-12-14-7-6-8-17(29-4)20(14)28/h6-8,12-13,15,28H,5,9-11H2,1-4H3,(H,24,25,27). The minimum absolute atomic E-state index is 0.0657. The average Bonchev–Trinajstić information content (AvgIpc) is 3.13. The molecule has 2 aromatic heterocycles. The number of aryl methyl sites for hydroxylation is 1. The molecular formula is C23H28N4O2S. The Bertz CT molecular complexity index is 1090. The minimum Gasteiger partial charge on any atom is -0.504 e. The number of hydrogen-bond acceptors (Lipinski definition) is 7. The van der Waals surface area contributed by atoms with E-state index in [1.165, 1.54) is 30.4 Å². The molecule has 0 radical (unpaired) electrons. The topological polar surface area (TPSA) is 79.6 Å². The van der Waals surface area contributed by atoms with Crippen molar-refractivity contribution >= 4 is 33.6 Å². The first-order valence-electron chi connectivity index (χ1n) is 10.3. The van der Waals surface area contributed by atoms with Crippen LogP contribution in [-0.2, 0) is 12.8 Å². The van der Waals surface area contributed by atoms with E-state index in [2.05, 4.69) is 41.3 Å². The quantitative estimate of drug-likeness (QED) is 0.409. The molecule has 2 heterocycles. The fourth-order valence-electron chi connectivity index (χ4n) is 4.12. The highest BCUT2D eigenvalue weighted by Gasteiger charge is 2.33. The predicted octanol–water partition coefficient (Wildman–Crippen LogP) is 5.39. The van der Waals surface area contributed by atoms with Gasteiger partial charge in [0, 0.05) is 10.4 Å². The van der Waals surface area contributed by atoms with Crippen LogP contribution in [-0.4, -0.2) is 28.4 Å². The second-order valence-electron chi connectivity index (χ2n) is 8.46. The number of methoxy groups -OCH3 is 1. The molecule has 1 unspecified atom stereocenters. The molecule has 0 spiro atoms. The van der Waals surface area contributed by atoms with Crippen LogP contribution in [0, 0.1) is 11.3 Å². The van der Waals surface area contributed by atoms with Crippen LogP contribution in [0.1, 0.15) is 49.6 Å². The third kappa shape index (κ3) is 3.74. The Hall–Kier alpha value is -2.67. The molecule has 0 fully saturated rings. The Morgan fingerprint density at radius 3 is 2.97 bits per heavy atom. The molecule has 4 rings (SSSR count). The van der Waals surface area contributed by atoms with E-state index in [-0.39, 0.29) is 5.75 Å². The maximum absolute atomic E-state index is 10.2. The van der Waals surface area contributed by atoms with Crippen LogP contribution < -0.4 is 10.2 Å². The van der Waals surface area contributed by atoms with Crippen molar-refractivity contribution < 1.29 is 9.84 Å². The molecule has 0 saturated heterocycles. The van der Waals surface area contributed by atoms with E-state index < -0.39 is 0 Å². The van der Waals surface area contributed by atoms with Gasteiger partial charge in [0.2, 0.25) is 0 Å². The zero-order valence-electron chi connectivity index (χ0n) is 17.9. The van der Waals surface area contributed by atoms with Gasteiger partial charge in [-0.1, -0.05) is 33.3 Å². The molecule has 1 aliphatic carbocycles. The van der Waals surface area contributed by atoms with E-state index in [0.717, 1.165) is 23.1 Å². The highest BCUT2D eigenvalue weighted by molar-refractivity contribution is 7.19. The largest absolute Gasteiger partial charge is 0.504 e. The van der Waals surface area contributed by atoms with Crippen molar-refractivity contribution in [1.29, 1.82) is 0 Å². The van der Waals surface area contributed by atoms with E-state index in [0.29, 0.717) is 28.5 Å². The summed E-state index contributed by atoms with van der Waals surface area (Å²) in [5.41, 5.74) is 5.34. The van der Waals surface area contributed by atoms with Gasteiger partial charge in [-0.05, 0) is 48.3 Å². The molecular weight excluding hydrogens is 396 g/mol. The van der Waals surface area contributed by atoms with Gasteiger partial charge < -0.3 is 9.84 Å². The fraction of sp³-hybridized carbons (Fsp3) is 0.435. The van der Waals surface area contributed by atoms with Crippen LogP contribution >= 0.6 is 11.3 Å². The van der Waals surface area contributed by atoms with E-state index in [4.69, 9.17) is 4.74 Å². The number of rotatable bonds is 6. The lowest BCUT2D eigenvalue weighted by atomic mass is 9.69. The van der Waals surface area contributed by atoms with E-state index in [1.54, 1.807) is 36.0 Å². The highest BCUT2D eigenvalue weighted by Crippen LogP contribution is 2.45. The summed E-state index contributed by atoms with van der Waals surface area (Å²) in [6, 6.07) is 5.30. The summed E-state index contributed by atoms with van der Waals surface area (Å²) in [4.78, 5) is 11.4. The molecule has 0 amide bonds. The number of fused-ring (bicyclic) bond motifs is 3. The molecule has 0 aliphatic heterocycles. The second-order valence-corrected chi connectivity index (χ2v) is 9.54. The number of thiophene rings is 1. The van der Waals surface area contributed by atoms with Gasteiger partial charge in [0.1, 0.15) is 11.2 Å². The number of nitrogens with one attached hydrogen (secondary N) is 1. The van der Waals surface area contributed by atoms with Gasteiger partial charge in [-0.15, -0.1) is 11.3 Å². The number of hydrazone groups is 1. The van der Waals surface area contributed by atoms with Gasteiger partial charge in [-0.2, -0.15) is 5.10 Å². The Morgan fingerprint density at radius 2 is 2.20 bits per heavy atom. The zero-order valence-corrected chi connectivity index (χ0v) is 18.7. The molecule has 6 nitrogen and oxygen atoms in total. The number of ether oxygens (including phenoxy) is 1. The third-order valence-electron chi connectivity index (χ3n) is 6.48. The maximum atomic E-state index is 10.2. The van der Waals surface area contributed by atoms with Gasteiger partial charge in [-0.3, -0.25) is 5.43 Å². The molecule has 0 bridgehead atoms. The van der Waals surface area contributed by atoms with Crippen molar-refractivity contribution in [2.24, 2.45) is 16.4 Å². The van der Waals surface area contributed by atoms with Crippen LogP contribution in [0.5, 0.6) is 11.5 Å². The van der Waals surface area contributed by atoms with Crippen molar-refractivity contribution in [3.8, 4) is 11.5 Å². The Morgan fingerprint density at radius 1 is 1.37 bits per heavy atom. The number of benzene rings is 1. The predicted molar refractivity (Wildman–Crippen MR) is 123 cm³/mol. The van der Waals surface area contributed by atoms with E-state index in [1.807, 2.05) is 6.07 Å². The molecule has 7 heteroatoms. The first kappa shape index (κ1) is 20.6. The summed E-state index contributed by atoms with van der Waals surface area (Å²) >= 11 is 1.77. The molecule has 1 aliphatic rings. The molecule has 1 atom stereocenters. The monoisotopic (exact) mass is 424 g/mol. The number of nitrogens with zero attached hydrogens (tertiary/aromatic N) is 3. The number of anilines is 1. The Labute approximate surface area is 181 Å². The van der Waals surface area contributed by atoms with Crippen LogP contribution in [0.25, 0.3) is 10.2 Å². The lowest BCUT2D eigenvalue weighted by molar-refractivity contribution is 0.184. The van der Waals surface area contributed by atoms with Crippen molar-refractivity contribution in [2.75, 3.05) is 12.5 Å². The number of aromatic nitrogens is 2. The van der Waals surface area contributed by atoms with Crippen molar-refractivity contribution in [2.45, 2.75) is 46.5 Å². The Balaban J connectivity index is 1.64. The molecule has 0 saturated carbocycles. The third-order valence-corrected chi connectivity index (χ3v) is 7.68. The maximum Gasteiger partial charge on any atom is 0.166 e. The summed E-state index contributed by atoms with van der Waals surface area (Å²) in [6.45, 7) is 7.02. The highest BCUT2D eigenvalue weighted by atomic mass is 32.1. The number of para-hydroxylation sites is 1. The Kier molecular flexibility index (Phi) is 5.64. The molecule has 1 aromatic carbocycles. The summed E-state index contributed by atoms with van der Waals surface area (Å²) in [6.07, 6.45) is 7.71. The lowest BCUT2D eigenvalue weighted by Crippen LogP contribution is -2.28. The fourth-order valence-corrected chi connectivity index (χ4v) is 5.30. The molecule has 30 heavy (non-hydrogen) atoms. The summed E-state index contributed by atoms with van der Waals surface area (Å²) < 4.78 is 5.16. The van der Waals surface area contributed by atoms with Gasteiger partial charge in [0.15, 0.2) is 17.3 Å². The van der Waals surface area contributed by atoms with Crippen LogP contribution in [0.4, 0.5) is 5.82 Å². The first-order valence-corrected chi connectivity index (χ1v) is 11.2. The van der Waals surface area contributed by atoms with Crippen molar-refractivity contribution in [3.05, 3.63) is 40.5 Å². The average molecular weight is 425 g/mol. The van der Waals surface area contributed by atoms with Crippen LogP contribution in [0.15, 0.2) is 29.6 Å². The van der Waals surface area contributed by atoms with Crippen molar-refractivity contribution in [1.82, 2.24) is 9.97 Å². The second kappa shape index (κ2) is 8.22. The minimum atomic E-state index is 0.0657. The summed E-state index contributed by atoms with van der Waals surface area (Å²) in [5, 5.41) is 15.7. The van der Waals surface area contributed by atoms with Gasteiger partial charge in [0.05, 0.1) is 18.7 Å². The summed E-state index contributed by atoms with van der Waals surface area (Å²) in [5.74, 6) is 1.85.